The summed E-state index contributed by atoms with van der Waals surface area (Å²) in [5.74, 6) is 10.5. The molecule has 8 aromatic rings. The van der Waals surface area contributed by atoms with Crippen LogP contribution in [0.25, 0.3) is 33.7 Å². The van der Waals surface area contributed by atoms with Crippen LogP contribution in [0.1, 0.15) is 327 Å². The lowest BCUT2D eigenvalue weighted by Crippen LogP contribution is -2.40. The van der Waals surface area contributed by atoms with Crippen molar-refractivity contribution < 1.29 is 45.0 Å². The highest BCUT2D eigenvalue weighted by Crippen LogP contribution is 2.67. The van der Waals surface area contributed by atoms with Crippen molar-refractivity contribution in [3.63, 3.8) is 0 Å². The van der Waals surface area contributed by atoms with Gasteiger partial charge in [0.1, 0.15) is 51.8 Å². The van der Waals surface area contributed by atoms with Crippen LogP contribution in [0.5, 0.6) is 34.5 Å². The monoisotopic (exact) mass is 1770 g/mol. The summed E-state index contributed by atoms with van der Waals surface area (Å²) in [5, 5.41) is 62.8. The number of benzene rings is 8. The Labute approximate surface area is 787 Å². The zero-order chi connectivity index (χ0) is 93.7. The van der Waals surface area contributed by atoms with Crippen molar-refractivity contribution in [1.29, 1.82) is 0 Å². The molecule has 0 aliphatic heterocycles. The highest BCUT2D eigenvalue weighted by Gasteiger charge is 2.57. The molecule has 0 amide bonds. The molecular weight excluding hydrogens is 1620 g/mol. The number of rotatable bonds is 0. The van der Waals surface area contributed by atoms with Gasteiger partial charge in [-0.25, -0.2) is 0 Å². The molecule has 0 heterocycles. The molecule has 0 aromatic heterocycles. The van der Waals surface area contributed by atoms with E-state index in [1.165, 1.54) is 148 Å². The van der Waals surface area contributed by atoms with Crippen LogP contribution in [0.4, 0.5) is 0 Å². The second-order valence-electron chi connectivity index (χ2n) is 42.7. The fourth-order valence-electron chi connectivity index (χ4n) is 29.4. The first-order valence-electron chi connectivity index (χ1n) is 50.3. The van der Waals surface area contributed by atoms with Crippen molar-refractivity contribution in [2.24, 2.45) is 68.0 Å². The maximum atomic E-state index is 12.2. The maximum absolute atomic E-state index is 12.2. The van der Waals surface area contributed by atoms with E-state index in [4.69, 9.17) is 0 Å². The van der Waals surface area contributed by atoms with Gasteiger partial charge in [0.2, 0.25) is 0 Å². The van der Waals surface area contributed by atoms with Crippen LogP contribution in [-0.4, -0.2) is 48.0 Å². The van der Waals surface area contributed by atoms with Gasteiger partial charge >= 0.3 is 0 Å². The van der Waals surface area contributed by atoms with Crippen LogP contribution >= 0.6 is 0 Å². The summed E-state index contributed by atoms with van der Waals surface area (Å²) in [6, 6.07) is 43.6. The highest BCUT2D eigenvalue weighted by molar-refractivity contribution is 5.93. The van der Waals surface area contributed by atoms with Crippen molar-refractivity contribution in [3.05, 3.63) is 309 Å². The van der Waals surface area contributed by atoms with E-state index in [1.807, 2.05) is 81.4 Å². The molecule has 18 atom stereocenters. The van der Waals surface area contributed by atoms with E-state index in [9.17, 15) is 45.0 Å². The second kappa shape index (κ2) is 38.5. The van der Waals surface area contributed by atoms with Crippen molar-refractivity contribution in [2.45, 2.75) is 286 Å². The Balaban J connectivity index is 0.000000113. The predicted octanol–water partition coefficient (Wildman–Crippen LogP) is 30.9. The largest absolute Gasteiger partial charge is 0.508 e. The summed E-state index contributed by atoms with van der Waals surface area (Å²) in [6.07, 6.45) is 55.0. The van der Waals surface area contributed by atoms with Crippen LogP contribution in [0.3, 0.4) is 0 Å². The summed E-state index contributed by atoms with van der Waals surface area (Å²) < 4.78 is 0. The van der Waals surface area contributed by atoms with Crippen molar-refractivity contribution in [1.82, 2.24) is 0 Å². The summed E-state index contributed by atoms with van der Waals surface area (Å²) in [6.45, 7) is 36.3. The average molecular weight is 1770 g/mol. The van der Waals surface area contributed by atoms with Crippen LogP contribution in [0, 0.1) is 68.0 Å². The van der Waals surface area contributed by atoms with Crippen molar-refractivity contribution in [2.75, 3.05) is 0 Å². The normalized spacial score (nSPS) is 32.3. The molecule has 9 nitrogen and oxygen atoms in total. The summed E-state index contributed by atoms with van der Waals surface area (Å²) in [4.78, 5) is 36.7. The number of aryl methyl sites for hydroxylation is 2. The topological polar surface area (TPSA) is 173 Å². The second-order valence-corrected chi connectivity index (χ2v) is 42.7. The Bertz CT molecular complexity index is 6010. The van der Waals surface area contributed by atoms with Gasteiger partial charge in [-0.05, 0) is 426 Å². The number of carbonyl (C=O) groups excluding carboxylic acids is 3. The molecule has 0 bridgehead atoms. The van der Waals surface area contributed by atoms with E-state index >= 15 is 0 Å². The van der Waals surface area contributed by atoms with E-state index in [1.54, 1.807) is 64.3 Å². The minimum Gasteiger partial charge on any atom is -0.508 e. The number of fused-ring (bicyclic) bond motifs is 30. The molecule has 8 aromatic carbocycles. The highest BCUT2D eigenvalue weighted by atomic mass is 16.3. The Hall–Kier alpha value is -10.5. The lowest BCUT2D eigenvalue weighted by Gasteiger charge is -2.47. The molecule has 10 saturated carbocycles. The summed E-state index contributed by atoms with van der Waals surface area (Å²) >= 11 is 0. The van der Waals surface area contributed by atoms with Crippen LogP contribution < -0.4 is 0 Å². The molecule has 0 radical (unpaired) electrons. The minimum absolute atomic E-state index is 0.0834. The third-order valence-corrected chi connectivity index (χ3v) is 36.2. The Morgan fingerprint density at radius 2 is 0.644 bits per heavy atom. The van der Waals surface area contributed by atoms with E-state index in [0.29, 0.717) is 127 Å². The summed E-state index contributed by atoms with van der Waals surface area (Å²) in [5.41, 5.74) is 25.6. The molecule has 0 spiro atoms. The zero-order valence-electron chi connectivity index (χ0n) is 81.0. The number of phenols is 6. The molecule has 6 N–H and O–H groups in total. The van der Waals surface area contributed by atoms with Crippen molar-refractivity contribution in [3.8, 4) is 34.5 Å². The standard InChI is InChI=1S/2C20H24O.C20H22O.2C18H20O2.C18H18O2.3C3H6/c3*1-3-14-5-9-19-18-7-4-13-12-15(21)6-8-16(13)17(18)10-11-20(14,19)2;3*1-18-9-8-14-13-5-3-12(19)10-11(13)2-4-15(14)16(18)6-7-17(18)20;3*1-3-2/h3,6-8,12,17,19,21H,4-5,9-11H2,1-2H3;3-4,6-8,12,17-19,21H,5,9-11H2,1-2H3;3-4,6-8,12,19,21H,5,9-11H2,1-2H3;3-5,10,14,16,19H,2,6-9H2,1H3;2-5,10,14-16,19H,6-9H2,1H3;2-5,10,16,19H,6-9H2,1H3;3*3H,1H2,2H3/b3*14-3-;;;;;;. The Morgan fingerprint density at radius 1 is 0.318 bits per heavy atom. The van der Waals surface area contributed by atoms with E-state index in [0.717, 1.165) is 119 Å². The number of allylic oxidation sites excluding steroid dienone is 15. The van der Waals surface area contributed by atoms with Gasteiger partial charge in [-0.3, -0.25) is 14.4 Å². The number of hydrogen-bond acceptors (Lipinski definition) is 9. The first kappa shape index (κ1) is 94.7. The molecule has 0 saturated heterocycles. The fraction of sp³-hybridized carbons (Fsp3) is 0.455. The van der Waals surface area contributed by atoms with Gasteiger partial charge in [0.15, 0.2) is 0 Å². The number of hydrogen-bond donors (Lipinski definition) is 6. The molecule has 9 heteroatoms. The summed E-state index contributed by atoms with van der Waals surface area (Å²) in [7, 11) is 0. The Morgan fingerprint density at radius 3 is 1.13 bits per heavy atom. The van der Waals surface area contributed by atoms with Gasteiger partial charge in [-0.1, -0.05) is 203 Å². The SMILES string of the molecule is C/C=C1/CCC2C3=CCc4cc(O)ccc4C3CCC12C.C/C=C1/CCC2C3C=Cc4cc(O)ccc4C3CCC12C.C/C=C1/CCC2c3ccc4cc(O)ccc4c3CCC12C.C=CC.C=CC.C=CC.CC12CCC3C(=CCc4cc(O)ccc43)C1CCC2=O.CC12CCC3c4ccc(O)cc4C=CC3C1CCC2=O.CC12CCc3c(ccc4cc(O)ccc34)C1CCC2=O. The first-order valence-corrected chi connectivity index (χ1v) is 50.3. The zero-order valence-corrected chi connectivity index (χ0v) is 81.0. The number of aromatic hydroxyl groups is 6. The van der Waals surface area contributed by atoms with E-state index < -0.39 is 0 Å². The van der Waals surface area contributed by atoms with Gasteiger partial charge in [0.25, 0.3) is 0 Å². The quantitative estimate of drug-likeness (QED) is 0.0808. The predicted molar refractivity (Wildman–Crippen MR) is 544 cm³/mol. The minimum atomic E-state index is -0.141. The molecule has 16 aliphatic rings. The van der Waals surface area contributed by atoms with Gasteiger partial charge in [0.05, 0.1) is 0 Å². The Kier molecular flexibility index (Phi) is 27.6. The van der Waals surface area contributed by atoms with Gasteiger partial charge in [0, 0.05) is 47.3 Å². The van der Waals surface area contributed by atoms with Crippen LogP contribution in [0.2, 0.25) is 0 Å². The third-order valence-electron chi connectivity index (χ3n) is 36.2. The average Bonchev–Trinajstić information content (AvgIpc) is 1.56. The molecule has 10 fully saturated rings. The van der Waals surface area contributed by atoms with Gasteiger partial charge < -0.3 is 30.6 Å². The lowest BCUT2D eigenvalue weighted by atomic mass is 9.56. The van der Waals surface area contributed by atoms with E-state index in [2.05, 4.69) is 191 Å². The van der Waals surface area contributed by atoms with Crippen molar-refractivity contribution >= 4 is 51.0 Å². The third kappa shape index (κ3) is 17.1. The molecule has 132 heavy (non-hydrogen) atoms. The van der Waals surface area contributed by atoms with Crippen LogP contribution in [-0.2, 0) is 40.1 Å². The number of Topliss-reactive ketones (excluding diaryl/α,β-unsaturated/α-hetero) is 3. The number of phenolic OH excluding ortho intramolecular Hbond substituents is 6. The van der Waals surface area contributed by atoms with Gasteiger partial charge in [-0.15, -0.1) is 19.7 Å². The molecule has 18 unspecified atom stereocenters. The number of carbonyl (C=O) groups is 3. The molecular formula is C123H146O9. The van der Waals surface area contributed by atoms with Crippen LogP contribution in [0.15, 0.2) is 242 Å². The fourth-order valence-corrected chi connectivity index (χ4v) is 29.4. The maximum Gasteiger partial charge on any atom is 0.139 e. The lowest BCUT2D eigenvalue weighted by molar-refractivity contribution is -0.129. The smallest absolute Gasteiger partial charge is 0.139 e. The first-order chi connectivity index (χ1) is 63.4. The molecule has 24 rings (SSSR count). The molecule has 16 aliphatic carbocycles. The van der Waals surface area contributed by atoms with Gasteiger partial charge in [-0.2, -0.15) is 0 Å². The molecule has 692 valence electrons. The van der Waals surface area contributed by atoms with E-state index in [-0.39, 0.29) is 16.2 Å². The number of ketones is 3.